The second kappa shape index (κ2) is 11.4. The van der Waals surface area contributed by atoms with Crippen molar-refractivity contribution in [1.29, 1.82) is 0 Å². The van der Waals surface area contributed by atoms with E-state index in [1.807, 2.05) is 0 Å². The van der Waals surface area contributed by atoms with Gasteiger partial charge in [-0.15, -0.1) is 0 Å². The molecule has 0 aliphatic carbocycles. The highest BCUT2D eigenvalue weighted by Gasteiger charge is 2.19. The van der Waals surface area contributed by atoms with E-state index in [-0.39, 0.29) is 22.6 Å². The first kappa shape index (κ1) is 26.9. The summed E-state index contributed by atoms with van der Waals surface area (Å²) in [7, 11) is 2.35. The highest BCUT2D eigenvalue weighted by atomic mass is 32.2. The van der Waals surface area contributed by atoms with Crippen molar-refractivity contribution in [2.75, 3.05) is 45.1 Å². The van der Waals surface area contributed by atoms with Crippen LogP contribution < -0.4 is 24.4 Å². The highest BCUT2D eigenvalue weighted by Crippen LogP contribution is 2.29. The Hall–Kier alpha value is -3.70. The number of sulfonamides is 1. The van der Waals surface area contributed by atoms with Crippen LogP contribution in [0.1, 0.15) is 11.1 Å². The van der Waals surface area contributed by atoms with Crippen LogP contribution in [-0.2, 0) is 21.2 Å². The number of anilines is 2. The van der Waals surface area contributed by atoms with Gasteiger partial charge in [-0.25, -0.2) is 21.9 Å². The first-order valence-corrected chi connectivity index (χ1v) is 12.3. The summed E-state index contributed by atoms with van der Waals surface area (Å²) in [6.07, 6.45) is -0.112. The lowest BCUT2D eigenvalue weighted by Gasteiger charge is -2.18. The van der Waals surface area contributed by atoms with Gasteiger partial charge in [-0.05, 0) is 42.0 Å². The van der Waals surface area contributed by atoms with Crippen LogP contribution in [0.25, 0.3) is 0 Å². The van der Waals surface area contributed by atoms with E-state index in [1.165, 1.54) is 38.5 Å². The van der Waals surface area contributed by atoms with Gasteiger partial charge in [0.05, 0.1) is 25.7 Å². The second-order valence-corrected chi connectivity index (χ2v) is 9.77. The molecule has 0 unspecified atom stereocenters. The van der Waals surface area contributed by atoms with E-state index in [0.717, 1.165) is 17.8 Å². The minimum absolute atomic E-state index is 0.112. The summed E-state index contributed by atoms with van der Waals surface area (Å²) in [5.41, 5.74) is 1.36. The van der Waals surface area contributed by atoms with E-state index in [2.05, 4.69) is 10.0 Å². The number of amides is 1. The quantitative estimate of drug-likeness (QED) is 0.425. The molecule has 3 aromatic carbocycles. The van der Waals surface area contributed by atoms with Crippen molar-refractivity contribution in [2.24, 2.45) is 0 Å². The summed E-state index contributed by atoms with van der Waals surface area (Å²) < 4.78 is 66.3. The lowest BCUT2D eigenvalue weighted by Crippen LogP contribution is -2.33. The zero-order chi connectivity index (χ0) is 26.5. The summed E-state index contributed by atoms with van der Waals surface area (Å²) >= 11 is 0. The standard InChI is InChI=1S/C25H27F2N3O5S/c1-30(2)17-9-8-16(12-19-20(26)6-5-7-21(19)27)22(13-17)29-25(31)15-28-36(32,33)18-10-11-23(34-3)24(14-18)35-4/h5-11,13-14,28H,12,15H2,1-4H3,(H,29,31). The second-order valence-electron chi connectivity index (χ2n) is 8.00. The number of hydrogen-bond donors (Lipinski definition) is 2. The lowest BCUT2D eigenvalue weighted by molar-refractivity contribution is -0.115. The minimum Gasteiger partial charge on any atom is -0.493 e. The molecule has 0 fully saturated rings. The van der Waals surface area contributed by atoms with Gasteiger partial charge in [0.2, 0.25) is 15.9 Å². The number of ether oxygens (including phenoxy) is 2. The fraction of sp³-hybridized carbons (Fsp3) is 0.240. The third-order valence-electron chi connectivity index (χ3n) is 5.40. The van der Waals surface area contributed by atoms with Gasteiger partial charge < -0.3 is 19.7 Å². The van der Waals surface area contributed by atoms with Gasteiger partial charge in [-0.1, -0.05) is 12.1 Å². The molecule has 0 atom stereocenters. The number of hydrogen-bond acceptors (Lipinski definition) is 6. The Balaban J connectivity index is 1.80. The zero-order valence-corrected chi connectivity index (χ0v) is 21.1. The van der Waals surface area contributed by atoms with Gasteiger partial charge in [-0.2, -0.15) is 0 Å². The van der Waals surface area contributed by atoms with E-state index < -0.39 is 34.1 Å². The fourth-order valence-electron chi connectivity index (χ4n) is 3.43. The molecule has 0 spiro atoms. The zero-order valence-electron chi connectivity index (χ0n) is 20.3. The Morgan fingerprint density at radius 2 is 1.61 bits per heavy atom. The Bertz CT molecular complexity index is 1340. The Labute approximate surface area is 208 Å². The number of halogens is 2. The van der Waals surface area contributed by atoms with Crippen LogP contribution in [0.15, 0.2) is 59.5 Å². The van der Waals surface area contributed by atoms with Crippen LogP contribution in [0.5, 0.6) is 11.5 Å². The van der Waals surface area contributed by atoms with Crippen molar-refractivity contribution in [3.05, 3.63) is 77.4 Å². The van der Waals surface area contributed by atoms with Crippen LogP contribution in [-0.4, -0.2) is 49.2 Å². The molecule has 0 aliphatic rings. The first-order valence-electron chi connectivity index (χ1n) is 10.8. The van der Waals surface area contributed by atoms with Crippen molar-refractivity contribution >= 4 is 27.3 Å². The first-order chi connectivity index (χ1) is 17.1. The average molecular weight is 520 g/mol. The van der Waals surface area contributed by atoms with Crippen molar-refractivity contribution < 1.29 is 31.5 Å². The molecule has 8 nitrogen and oxygen atoms in total. The van der Waals surface area contributed by atoms with Gasteiger partial charge in [0.15, 0.2) is 11.5 Å². The molecular weight excluding hydrogens is 492 g/mol. The molecule has 3 aromatic rings. The summed E-state index contributed by atoms with van der Waals surface area (Å²) in [6, 6.07) is 12.7. The molecule has 0 aliphatic heterocycles. The van der Waals surface area contributed by atoms with E-state index >= 15 is 0 Å². The highest BCUT2D eigenvalue weighted by molar-refractivity contribution is 7.89. The maximum atomic E-state index is 14.2. The van der Waals surface area contributed by atoms with E-state index in [4.69, 9.17) is 9.47 Å². The van der Waals surface area contributed by atoms with E-state index in [1.54, 1.807) is 37.2 Å². The van der Waals surface area contributed by atoms with Crippen molar-refractivity contribution in [3.8, 4) is 11.5 Å². The molecule has 11 heteroatoms. The topological polar surface area (TPSA) is 97.0 Å². The summed E-state index contributed by atoms with van der Waals surface area (Å²) in [5.74, 6) is -1.49. The minimum atomic E-state index is -4.05. The molecule has 0 heterocycles. The summed E-state index contributed by atoms with van der Waals surface area (Å²) in [6.45, 7) is -0.573. The SMILES string of the molecule is COc1ccc(S(=O)(=O)NCC(=O)Nc2cc(N(C)C)ccc2Cc2c(F)cccc2F)cc1OC. The Kier molecular flexibility index (Phi) is 8.49. The summed E-state index contributed by atoms with van der Waals surface area (Å²) in [4.78, 5) is 14.4. The molecule has 0 saturated heterocycles. The predicted molar refractivity (Wildman–Crippen MR) is 133 cm³/mol. The van der Waals surface area contributed by atoms with Crippen LogP contribution in [0.4, 0.5) is 20.2 Å². The van der Waals surface area contributed by atoms with Crippen LogP contribution in [0, 0.1) is 11.6 Å². The van der Waals surface area contributed by atoms with Gasteiger partial charge in [-0.3, -0.25) is 4.79 Å². The Morgan fingerprint density at radius 3 is 2.22 bits per heavy atom. The van der Waals surface area contributed by atoms with Crippen molar-refractivity contribution in [1.82, 2.24) is 4.72 Å². The number of nitrogens with one attached hydrogen (secondary N) is 2. The van der Waals surface area contributed by atoms with Crippen LogP contribution in [0.2, 0.25) is 0 Å². The van der Waals surface area contributed by atoms with Gasteiger partial charge in [0.25, 0.3) is 0 Å². The molecule has 36 heavy (non-hydrogen) atoms. The van der Waals surface area contributed by atoms with Gasteiger partial charge in [0.1, 0.15) is 11.6 Å². The normalized spacial score (nSPS) is 11.2. The van der Waals surface area contributed by atoms with Crippen LogP contribution >= 0.6 is 0 Å². The van der Waals surface area contributed by atoms with E-state index in [0.29, 0.717) is 17.0 Å². The third kappa shape index (κ3) is 6.29. The average Bonchev–Trinajstić information content (AvgIpc) is 2.85. The van der Waals surface area contributed by atoms with Crippen LogP contribution in [0.3, 0.4) is 0 Å². The monoisotopic (exact) mass is 519 g/mol. The lowest BCUT2D eigenvalue weighted by atomic mass is 10.0. The van der Waals surface area contributed by atoms with Crippen molar-refractivity contribution in [2.45, 2.75) is 11.3 Å². The number of methoxy groups -OCH3 is 2. The molecule has 1 amide bonds. The molecule has 0 radical (unpaired) electrons. The molecule has 0 aromatic heterocycles. The molecular formula is C25H27F2N3O5S. The smallest absolute Gasteiger partial charge is 0.241 e. The van der Waals surface area contributed by atoms with E-state index in [9.17, 15) is 22.0 Å². The number of benzene rings is 3. The molecule has 3 rings (SSSR count). The maximum absolute atomic E-state index is 14.2. The number of nitrogens with zero attached hydrogens (tertiary/aromatic N) is 1. The van der Waals surface area contributed by atoms with Gasteiger partial charge >= 0.3 is 0 Å². The fourth-order valence-corrected chi connectivity index (χ4v) is 4.42. The molecule has 0 saturated carbocycles. The summed E-state index contributed by atoms with van der Waals surface area (Å²) in [5, 5.41) is 2.65. The molecule has 0 bridgehead atoms. The third-order valence-corrected chi connectivity index (χ3v) is 6.80. The van der Waals surface area contributed by atoms with Gasteiger partial charge in [0, 0.05) is 43.5 Å². The number of rotatable bonds is 10. The van der Waals surface area contributed by atoms with Crippen molar-refractivity contribution in [3.63, 3.8) is 0 Å². The maximum Gasteiger partial charge on any atom is 0.241 e. The predicted octanol–water partition coefficient (Wildman–Crippen LogP) is 3.56. The molecule has 192 valence electrons. The molecule has 2 N–H and O–H groups in total. The largest absolute Gasteiger partial charge is 0.493 e. The number of carbonyl (C=O) groups is 1. The Morgan fingerprint density at radius 1 is 0.944 bits per heavy atom. The number of carbonyl (C=O) groups excluding carboxylic acids is 1.